The van der Waals surface area contributed by atoms with Gasteiger partial charge in [-0.2, -0.15) is 0 Å². The largest absolute Gasteiger partial charge is 0.481 e. The number of nitrogen functional groups attached to an aromatic ring is 1. The first-order valence-corrected chi connectivity index (χ1v) is 39.2. The number of anilines is 1. The molecule has 24 N–H and O–H groups in total. The summed E-state index contributed by atoms with van der Waals surface area (Å²) < 4.78 is 7.41. The summed E-state index contributed by atoms with van der Waals surface area (Å²) in [4.78, 5) is 283. The van der Waals surface area contributed by atoms with Gasteiger partial charge in [-0.25, -0.2) is 9.78 Å². The van der Waals surface area contributed by atoms with E-state index in [4.69, 9.17) is 16.2 Å². The number of rotatable bonds is 38. The van der Waals surface area contributed by atoms with Gasteiger partial charge in [0.05, 0.1) is 58.3 Å². The summed E-state index contributed by atoms with van der Waals surface area (Å²) >= 11 is 0. The molecule has 5 rings (SSSR count). The maximum absolute atomic E-state index is 15.0. The summed E-state index contributed by atoms with van der Waals surface area (Å²) in [5.41, 5.74) is 12.4. The molecule has 0 saturated carbocycles. The maximum Gasteiger partial charge on any atom is 0.329 e. The fourth-order valence-corrected chi connectivity index (χ4v) is 12.6. The lowest BCUT2D eigenvalue weighted by Crippen LogP contribution is -2.62. The predicted octanol–water partition coefficient (Wildman–Crippen LogP) is -5.06. The summed E-state index contributed by atoms with van der Waals surface area (Å²) in [5, 5.41) is 82.5. The summed E-state index contributed by atoms with van der Waals surface area (Å²) in [6, 6.07) is -10.6. The monoisotopic (exact) mass is 1710 g/mol. The van der Waals surface area contributed by atoms with Crippen LogP contribution in [0.25, 0.3) is 10.9 Å². The van der Waals surface area contributed by atoms with Gasteiger partial charge in [-0.3, -0.25) is 91.1 Å². The number of carbonyl (C=O) groups is 20. The molecule has 0 bridgehead atoms. The third-order valence-electron chi connectivity index (χ3n) is 19.2. The summed E-state index contributed by atoms with van der Waals surface area (Å²) in [5.74, 6) is -29.2. The van der Waals surface area contributed by atoms with Crippen molar-refractivity contribution in [3.05, 3.63) is 84.1 Å². The number of H-pyrrole nitrogens is 1. The van der Waals surface area contributed by atoms with Crippen LogP contribution in [0.1, 0.15) is 152 Å². The number of hydrogen-bond acceptors (Lipinski definition) is 25. The van der Waals surface area contributed by atoms with E-state index in [0.717, 1.165) is 52.9 Å². The molecule has 13 atom stereocenters. The van der Waals surface area contributed by atoms with Crippen LogP contribution in [0.2, 0.25) is 0 Å². The highest BCUT2D eigenvalue weighted by molar-refractivity contribution is 6.05. The number of hydrogen-bond donors (Lipinski definition) is 22. The van der Waals surface area contributed by atoms with Gasteiger partial charge < -0.3 is 126 Å². The average Bonchev–Trinajstić information content (AvgIpc) is 1.60. The number of carboxylic acid groups (broad SMARTS) is 4. The molecule has 1 aliphatic rings. The first-order valence-electron chi connectivity index (χ1n) is 39.2. The van der Waals surface area contributed by atoms with Gasteiger partial charge in [0.2, 0.25) is 82.7 Å². The number of carbonyl (C=O) groups excluding carboxylic acids is 16. The zero-order valence-corrected chi connectivity index (χ0v) is 67.8. The number of nitrogens with one attached hydrogen (secondary N) is 15. The number of benzene rings is 2. The standard InChI is InChI=1S/C77H107N19O26/c1-6-7-8-9-10-11-12-23-58(100)87-48(28-42-34-82-46-21-16-14-18-43(42)46)71(115)90-49(30-56(79)99)72(116)92-52(33-64(109)110)73(117)95-66-41(4)122-77(121)53(29-55(98)44-19-13-15-20-45(44)78)93-76(120)65(39(2)27-61(103)104)94-74(118)54(38-97)88-60(102)36-83-68(112)50(31-62(105)106)89-67(111)40(3)85-70(114)51(32-63(107)108)91-69(113)47(86-59(101)37-84-75(66)119)22-17-24-80-35-57-81-25-26-96(57)5/h13-16,18-21,25-26,34,39-41,47-54,65-66,80,82,97H,6-12,17,22-24,27-33,35-38,78H2,1-5H3,(H2,79,99)(H,83,112)(H,84,119)(H,85,114)(H,86,101)(H,87,100)(H,88,102)(H,89,111)(H,90,115)(H,91,113)(H,92,116)(H,93,120)(H,94,118)(H,95,117)(H,103,104)(H,105,106)(H,107,108)(H,109,110). The van der Waals surface area contributed by atoms with Crippen molar-refractivity contribution in [1.82, 2.24) is 89.0 Å². The lowest BCUT2D eigenvalue weighted by Gasteiger charge is -2.30. The molecule has 1 aliphatic heterocycles. The van der Waals surface area contributed by atoms with Crippen molar-refractivity contribution in [1.29, 1.82) is 0 Å². The Morgan fingerprint density at radius 2 is 1.16 bits per heavy atom. The van der Waals surface area contributed by atoms with Crippen LogP contribution in [0.4, 0.5) is 5.69 Å². The minimum atomic E-state index is -2.46. The van der Waals surface area contributed by atoms with Gasteiger partial charge in [-0.1, -0.05) is 82.7 Å². The van der Waals surface area contributed by atoms with Crippen LogP contribution in [-0.2, 0) is 116 Å². The van der Waals surface area contributed by atoms with Crippen LogP contribution in [0.3, 0.4) is 0 Å². The second-order valence-corrected chi connectivity index (χ2v) is 29.1. The number of cyclic esters (lactones) is 1. The predicted molar refractivity (Wildman–Crippen MR) is 426 cm³/mol. The molecule has 13 unspecified atom stereocenters. The number of aliphatic carboxylic acids is 4. The molecule has 0 aliphatic carbocycles. The van der Waals surface area contributed by atoms with E-state index in [1.54, 1.807) is 48.3 Å². The number of esters is 1. The molecule has 1 fully saturated rings. The Labute approximate surface area is 698 Å². The first kappa shape index (κ1) is 99.1. The fourth-order valence-electron chi connectivity index (χ4n) is 12.6. The van der Waals surface area contributed by atoms with E-state index >= 15 is 0 Å². The SMILES string of the molecule is CCCCCCCCCC(=O)NC(Cc1c[nH]c2ccccc12)C(=O)NC(CC(N)=O)C(=O)NC(CC(=O)O)C(=O)NC1C(=O)NCC(=O)NC(CCCNCc2nccn2C)C(=O)NC(CC(=O)O)C(=O)NC(C)C(=O)NC(CC(=O)O)C(=O)NCC(=O)NC(CO)C(=O)NC(C(C)CC(=O)O)C(=O)NC(CC(=O)c2ccccc2N)C(=O)OC1C. The van der Waals surface area contributed by atoms with Crippen LogP contribution in [0, 0.1) is 5.92 Å². The number of primary amides is 1. The molecule has 4 aromatic rings. The molecule has 3 heterocycles. The molecule has 0 radical (unpaired) electrons. The van der Waals surface area contributed by atoms with Crippen molar-refractivity contribution in [2.75, 3.05) is 32.0 Å². The Kier molecular flexibility index (Phi) is 40.4. The van der Waals surface area contributed by atoms with Gasteiger partial charge in [0.1, 0.15) is 78.4 Å². The number of aromatic nitrogens is 3. The fraction of sp³-hybridized carbons (Fsp3) is 0.519. The molecule has 14 amide bonds. The topological polar surface area (TPSA) is 706 Å². The van der Waals surface area contributed by atoms with Crippen LogP contribution < -0.4 is 85.9 Å². The highest BCUT2D eigenvalue weighted by atomic mass is 16.5. The number of ether oxygens (including phenoxy) is 1. The van der Waals surface area contributed by atoms with Crippen LogP contribution in [0.5, 0.6) is 0 Å². The number of aliphatic hydroxyl groups is 1. The van der Waals surface area contributed by atoms with E-state index in [1.807, 2.05) is 16.0 Å². The Hall–Kier alpha value is -13.5. The molecular weight excluding hydrogens is 1610 g/mol. The lowest BCUT2D eigenvalue weighted by molar-refractivity contribution is -0.156. The number of unbranched alkanes of at least 4 members (excludes halogenated alkanes) is 6. The quantitative estimate of drug-likeness (QED) is 0.00864. The minimum Gasteiger partial charge on any atom is -0.481 e. The number of carboxylic acids is 4. The van der Waals surface area contributed by atoms with Crippen molar-refractivity contribution in [2.45, 2.75) is 216 Å². The number of nitrogens with zero attached hydrogens (tertiary/aromatic N) is 2. The highest BCUT2D eigenvalue weighted by Gasteiger charge is 2.41. The van der Waals surface area contributed by atoms with Crippen molar-refractivity contribution in [2.24, 2.45) is 18.7 Å². The summed E-state index contributed by atoms with van der Waals surface area (Å²) in [6.07, 6.45) is 0.883. The summed E-state index contributed by atoms with van der Waals surface area (Å²) in [6.45, 7) is 1.54. The number of aryl methyl sites for hydroxylation is 1. The molecule has 666 valence electrons. The Balaban J connectivity index is 1.62. The molecule has 2 aromatic heterocycles. The van der Waals surface area contributed by atoms with E-state index in [1.165, 1.54) is 30.5 Å². The number of para-hydroxylation sites is 2. The third kappa shape index (κ3) is 33.4. The van der Waals surface area contributed by atoms with Crippen molar-refractivity contribution >= 4 is 135 Å². The second-order valence-electron chi connectivity index (χ2n) is 29.1. The number of ketones is 1. The van der Waals surface area contributed by atoms with E-state index in [0.29, 0.717) is 35.1 Å². The highest BCUT2D eigenvalue weighted by Crippen LogP contribution is 2.22. The van der Waals surface area contributed by atoms with Crippen molar-refractivity contribution < 1.29 is 126 Å². The zero-order valence-electron chi connectivity index (χ0n) is 67.8. The van der Waals surface area contributed by atoms with E-state index < -0.39 is 255 Å². The average molecular weight is 1710 g/mol. The molecule has 122 heavy (non-hydrogen) atoms. The Bertz CT molecular complexity index is 4440. The van der Waals surface area contributed by atoms with Crippen LogP contribution in [-0.4, -0.2) is 257 Å². The van der Waals surface area contributed by atoms with E-state index in [-0.39, 0.29) is 50.0 Å². The molecule has 0 spiro atoms. The van der Waals surface area contributed by atoms with Gasteiger partial charge in [-0.05, 0) is 69.3 Å². The van der Waals surface area contributed by atoms with Gasteiger partial charge in [0.15, 0.2) is 5.78 Å². The molecule has 45 nitrogen and oxygen atoms in total. The molecule has 2 aromatic carbocycles. The van der Waals surface area contributed by atoms with E-state index in [9.17, 15) is 121 Å². The van der Waals surface area contributed by atoms with Crippen LogP contribution in [0.15, 0.2) is 67.1 Å². The molecule has 1 saturated heterocycles. The Morgan fingerprint density at radius 3 is 1.77 bits per heavy atom. The van der Waals surface area contributed by atoms with Gasteiger partial charge in [0.25, 0.3) is 0 Å². The smallest absolute Gasteiger partial charge is 0.329 e. The van der Waals surface area contributed by atoms with Gasteiger partial charge >= 0.3 is 29.8 Å². The lowest BCUT2D eigenvalue weighted by atomic mass is 9.96. The first-order chi connectivity index (χ1) is 57.8. The zero-order chi connectivity index (χ0) is 90.4. The third-order valence-corrected chi connectivity index (χ3v) is 19.2. The maximum atomic E-state index is 15.0. The number of imidazole rings is 1. The number of nitrogens with two attached hydrogens (primary N) is 2. The number of aromatic amines is 1. The van der Waals surface area contributed by atoms with Gasteiger partial charge in [-0.15, -0.1) is 0 Å². The number of Topliss-reactive ketones (excluding diaryl/α,β-unsaturated/α-hetero) is 1. The number of fused-ring (bicyclic) bond motifs is 1. The van der Waals surface area contributed by atoms with Gasteiger partial charge in [0, 0.05) is 67.1 Å². The normalized spacial score (nSPS) is 20.7. The second kappa shape index (κ2) is 49.8. The molecule has 45 heteroatoms. The van der Waals surface area contributed by atoms with Crippen LogP contribution >= 0.6 is 0 Å². The Morgan fingerprint density at radius 1 is 0.590 bits per heavy atom. The summed E-state index contributed by atoms with van der Waals surface area (Å²) in [7, 11) is 1.70. The number of amides is 14. The van der Waals surface area contributed by atoms with Crippen molar-refractivity contribution in [3.8, 4) is 0 Å². The minimum absolute atomic E-state index is 0.0197. The number of aliphatic hydroxyl groups excluding tert-OH is 1. The molecular formula is C77H107N19O26. The van der Waals surface area contributed by atoms with Crippen molar-refractivity contribution in [3.63, 3.8) is 0 Å². The van der Waals surface area contributed by atoms with E-state index in [2.05, 4.69) is 75.4 Å².